The molecule has 0 spiro atoms. The molecule has 23 heavy (non-hydrogen) atoms. The molecule has 1 saturated heterocycles. The highest BCUT2D eigenvalue weighted by atomic mass is 35.5. The number of esters is 1. The van der Waals surface area contributed by atoms with Crippen LogP contribution in [0.1, 0.15) is 35.7 Å². The molecule has 1 aliphatic heterocycles. The Bertz CT molecular complexity index is 636. The average molecular weight is 363 g/mol. The Morgan fingerprint density at radius 3 is 2.83 bits per heavy atom. The number of halogens is 1. The normalized spacial score (nSPS) is 21.3. The average Bonchev–Trinajstić information content (AvgIpc) is 2.48. The molecular formula is C15H23ClN2O4S. The van der Waals surface area contributed by atoms with Gasteiger partial charge in [0.15, 0.2) is 0 Å². The summed E-state index contributed by atoms with van der Waals surface area (Å²) in [6, 6.07) is 6.51. The standard InChI is InChI=1S/C15H22N2O4S.ClH/c1-11-14(7-4-8-16-11)17-22(19,20)10-12-5-3-6-13(9-12)15(18)21-2;/h3,5-6,9,11,14,16-17H,4,7-8,10H2,1-2H3;1H. The molecule has 2 atom stereocenters. The second kappa shape index (κ2) is 8.63. The Kier molecular flexibility index (Phi) is 7.47. The van der Waals surface area contributed by atoms with Gasteiger partial charge in [-0.15, -0.1) is 12.4 Å². The number of sulfonamides is 1. The van der Waals surface area contributed by atoms with Crippen LogP contribution in [0.25, 0.3) is 0 Å². The first-order valence-corrected chi connectivity index (χ1v) is 8.97. The van der Waals surface area contributed by atoms with E-state index in [1.165, 1.54) is 7.11 Å². The van der Waals surface area contributed by atoms with Crippen molar-refractivity contribution >= 4 is 28.4 Å². The lowest BCUT2D eigenvalue weighted by Crippen LogP contribution is -2.52. The predicted molar refractivity (Wildman–Crippen MR) is 91.3 cm³/mol. The van der Waals surface area contributed by atoms with E-state index in [4.69, 9.17) is 0 Å². The van der Waals surface area contributed by atoms with Crippen LogP contribution in [0.15, 0.2) is 24.3 Å². The Morgan fingerprint density at radius 2 is 2.17 bits per heavy atom. The molecule has 2 rings (SSSR count). The summed E-state index contributed by atoms with van der Waals surface area (Å²) in [5.74, 6) is -0.626. The van der Waals surface area contributed by atoms with Crippen LogP contribution in [-0.4, -0.2) is 40.1 Å². The van der Waals surface area contributed by atoms with Crippen LogP contribution in [0.2, 0.25) is 0 Å². The minimum absolute atomic E-state index is 0. The lowest BCUT2D eigenvalue weighted by Gasteiger charge is -2.30. The fraction of sp³-hybridized carbons (Fsp3) is 0.533. The Hall–Kier alpha value is -1.15. The SMILES string of the molecule is COC(=O)c1cccc(CS(=O)(=O)NC2CCCNC2C)c1.Cl. The molecule has 0 aliphatic carbocycles. The van der Waals surface area contributed by atoms with Gasteiger partial charge in [0.2, 0.25) is 10.0 Å². The van der Waals surface area contributed by atoms with Gasteiger partial charge in [0.25, 0.3) is 0 Å². The summed E-state index contributed by atoms with van der Waals surface area (Å²) in [5.41, 5.74) is 0.912. The third kappa shape index (κ3) is 5.76. The number of carbonyl (C=O) groups is 1. The number of nitrogens with one attached hydrogen (secondary N) is 2. The van der Waals surface area contributed by atoms with E-state index >= 15 is 0 Å². The fourth-order valence-electron chi connectivity index (χ4n) is 2.60. The van der Waals surface area contributed by atoms with E-state index in [0.29, 0.717) is 11.1 Å². The number of methoxy groups -OCH3 is 1. The van der Waals surface area contributed by atoms with E-state index in [2.05, 4.69) is 14.8 Å². The van der Waals surface area contributed by atoms with Crippen LogP contribution in [-0.2, 0) is 20.5 Å². The summed E-state index contributed by atoms with van der Waals surface area (Å²) in [6.07, 6.45) is 1.78. The van der Waals surface area contributed by atoms with Crippen LogP contribution in [0.4, 0.5) is 0 Å². The van der Waals surface area contributed by atoms with Crippen LogP contribution in [0.5, 0.6) is 0 Å². The summed E-state index contributed by atoms with van der Waals surface area (Å²) in [5, 5.41) is 3.26. The van der Waals surface area contributed by atoms with Crippen molar-refractivity contribution in [3.8, 4) is 0 Å². The quantitative estimate of drug-likeness (QED) is 0.774. The Balaban J connectivity index is 0.00000264. The van der Waals surface area contributed by atoms with Crippen LogP contribution in [0.3, 0.4) is 0 Å². The Labute approximate surface area is 143 Å². The number of carbonyl (C=O) groups excluding carboxylic acids is 1. The molecule has 0 bridgehead atoms. The van der Waals surface area contributed by atoms with Crippen LogP contribution >= 0.6 is 12.4 Å². The first-order chi connectivity index (χ1) is 10.4. The lowest BCUT2D eigenvalue weighted by atomic mass is 10.0. The number of ether oxygens (including phenoxy) is 1. The summed E-state index contributed by atoms with van der Waals surface area (Å²) in [4.78, 5) is 11.5. The van der Waals surface area contributed by atoms with Gasteiger partial charge in [-0.3, -0.25) is 0 Å². The third-order valence-electron chi connectivity index (χ3n) is 3.80. The van der Waals surface area contributed by atoms with Gasteiger partial charge >= 0.3 is 5.97 Å². The van der Waals surface area contributed by atoms with Crippen molar-refractivity contribution in [3.63, 3.8) is 0 Å². The van der Waals surface area contributed by atoms with E-state index in [1.54, 1.807) is 24.3 Å². The zero-order valence-electron chi connectivity index (χ0n) is 13.2. The summed E-state index contributed by atoms with van der Waals surface area (Å²) < 4.78 is 32.0. The topological polar surface area (TPSA) is 84.5 Å². The maximum atomic E-state index is 12.3. The van der Waals surface area contributed by atoms with Gasteiger partial charge in [0.05, 0.1) is 18.4 Å². The van der Waals surface area contributed by atoms with E-state index in [1.807, 2.05) is 6.92 Å². The molecule has 8 heteroatoms. The zero-order valence-corrected chi connectivity index (χ0v) is 14.9. The second-order valence-electron chi connectivity index (χ2n) is 5.56. The van der Waals surface area contributed by atoms with Gasteiger partial charge in [0.1, 0.15) is 0 Å². The maximum absolute atomic E-state index is 12.3. The smallest absolute Gasteiger partial charge is 0.337 e. The van der Waals surface area contributed by atoms with Crippen molar-refractivity contribution < 1.29 is 17.9 Å². The zero-order chi connectivity index (χ0) is 16.2. The van der Waals surface area contributed by atoms with Crippen molar-refractivity contribution in [2.75, 3.05) is 13.7 Å². The maximum Gasteiger partial charge on any atom is 0.337 e. The molecular weight excluding hydrogens is 340 g/mol. The molecule has 6 nitrogen and oxygen atoms in total. The summed E-state index contributed by atoms with van der Waals surface area (Å²) >= 11 is 0. The molecule has 0 saturated carbocycles. The number of hydrogen-bond donors (Lipinski definition) is 2. The summed E-state index contributed by atoms with van der Waals surface area (Å²) in [6.45, 7) is 2.89. The molecule has 1 heterocycles. The van der Waals surface area contributed by atoms with Gasteiger partial charge < -0.3 is 10.1 Å². The first-order valence-electron chi connectivity index (χ1n) is 7.32. The van der Waals surface area contributed by atoms with Gasteiger partial charge in [0, 0.05) is 12.1 Å². The number of hydrogen-bond acceptors (Lipinski definition) is 5. The molecule has 1 aromatic carbocycles. The van der Waals surface area contributed by atoms with Gasteiger partial charge in [-0.05, 0) is 44.0 Å². The van der Waals surface area contributed by atoms with Crippen molar-refractivity contribution in [2.24, 2.45) is 0 Å². The highest BCUT2D eigenvalue weighted by Gasteiger charge is 2.25. The molecule has 0 amide bonds. The molecule has 130 valence electrons. The van der Waals surface area contributed by atoms with E-state index < -0.39 is 16.0 Å². The van der Waals surface area contributed by atoms with E-state index in [-0.39, 0.29) is 30.2 Å². The van der Waals surface area contributed by atoms with Crippen molar-refractivity contribution in [1.82, 2.24) is 10.0 Å². The molecule has 1 aliphatic rings. The monoisotopic (exact) mass is 362 g/mol. The predicted octanol–water partition coefficient (Wildman–Crippen LogP) is 1.45. The largest absolute Gasteiger partial charge is 0.465 e. The van der Waals surface area contributed by atoms with E-state index in [9.17, 15) is 13.2 Å². The third-order valence-corrected chi connectivity index (χ3v) is 5.17. The minimum atomic E-state index is -3.46. The van der Waals surface area contributed by atoms with E-state index in [0.717, 1.165) is 19.4 Å². The van der Waals surface area contributed by atoms with Gasteiger partial charge in [-0.1, -0.05) is 12.1 Å². The number of benzene rings is 1. The lowest BCUT2D eigenvalue weighted by molar-refractivity contribution is 0.0600. The number of piperidine rings is 1. The number of rotatable bonds is 5. The van der Waals surface area contributed by atoms with Gasteiger partial charge in [-0.25, -0.2) is 17.9 Å². The highest BCUT2D eigenvalue weighted by molar-refractivity contribution is 7.88. The first kappa shape index (κ1) is 19.9. The molecule has 1 fully saturated rings. The molecule has 1 aromatic rings. The minimum Gasteiger partial charge on any atom is -0.465 e. The second-order valence-corrected chi connectivity index (χ2v) is 7.31. The van der Waals surface area contributed by atoms with Crippen molar-refractivity contribution in [2.45, 2.75) is 37.6 Å². The highest BCUT2D eigenvalue weighted by Crippen LogP contribution is 2.13. The molecule has 2 N–H and O–H groups in total. The van der Waals surface area contributed by atoms with Gasteiger partial charge in [-0.2, -0.15) is 0 Å². The fourth-order valence-corrected chi connectivity index (χ4v) is 4.09. The van der Waals surface area contributed by atoms with Crippen LogP contribution < -0.4 is 10.0 Å². The van der Waals surface area contributed by atoms with Crippen molar-refractivity contribution in [1.29, 1.82) is 0 Å². The van der Waals surface area contributed by atoms with Crippen LogP contribution in [0, 0.1) is 0 Å². The summed E-state index contributed by atoms with van der Waals surface area (Å²) in [7, 11) is -2.16. The molecule has 2 unspecified atom stereocenters. The molecule has 0 radical (unpaired) electrons. The molecule has 0 aromatic heterocycles. The Morgan fingerprint density at radius 1 is 1.43 bits per heavy atom. The van der Waals surface area contributed by atoms with Crippen molar-refractivity contribution in [3.05, 3.63) is 35.4 Å².